The van der Waals surface area contributed by atoms with Crippen molar-refractivity contribution in [1.29, 1.82) is 0 Å². The number of aromatic nitrogens is 3. The maximum absolute atomic E-state index is 11.9. The number of carboxylic acid groups (broad SMARTS) is 1. The van der Waals surface area contributed by atoms with Crippen molar-refractivity contribution in [2.24, 2.45) is 0 Å². The van der Waals surface area contributed by atoms with Crippen molar-refractivity contribution in [3.05, 3.63) is 35.6 Å². The molecule has 2 aromatic rings. The van der Waals surface area contributed by atoms with Crippen molar-refractivity contribution in [2.45, 2.75) is 12.7 Å². The Labute approximate surface area is 113 Å². The summed E-state index contributed by atoms with van der Waals surface area (Å²) >= 11 is 0. The molecule has 106 valence electrons. The number of aryl methyl sites for hydroxylation is 1. The number of anilines is 1. The van der Waals surface area contributed by atoms with Crippen LogP contribution in [0.4, 0.5) is 5.82 Å². The first-order valence-electron chi connectivity index (χ1n) is 5.34. The highest BCUT2D eigenvalue weighted by Crippen LogP contribution is 2.13. The summed E-state index contributed by atoms with van der Waals surface area (Å²) in [6.45, 7) is 1.63. The summed E-state index contributed by atoms with van der Waals surface area (Å²) in [5.74, 6) is -1.71. The summed E-state index contributed by atoms with van der Waals surface area (Å²) in [6, 6.07) is 1.47. The zero-order chi connectivity index (χ0) is 14.8. The average molecular weight is 298 g/mol. The summed E-state index contributed by atoms with van der Waals surface area (Å²) in [5.41, 5.74) is -0.275. The van der Waals surface area contributed by atoms with Gasteiger partial charge in [0.1, 0.15) is 17.2 Å². The molecular formula is C10H10N4O5S. The Morgan fingerprint density at radius 3 is 2.70 bits per heavy atom. The molecule has 0 bridgehead atoms. The molecule has 2 N–H and O–H groups in total. The first-order chi connectivity index (χ1) is 9.37. The molecule has 9 nitrogen and oxygen atoms in total. The van der Waals surface area contributed by atoms with E-state index in [0.717, 1.165) is 6.20 Å². The number of hydrogen-bond donors (Lipinski definition) is 2. The van der Waals surface area contributed by atoms with Crippen LogP contribution in [0.2, 0.25) is 0 Å². The SMILES string of the molecule is Cc1cc(CS(=O)(=O)Nc2nccnc2C(=O)O)no1. The minimum absolute atomic E-state index is 0.204. The summed E-state index contributed by atoms with van der Waals surface area (Å²) in [6.07, 6.45) is 2.34. The molecule has 0 atom stereocenters. The van der Waals surface area contributed by atoms with Crippen LogP contribution in [0.1, 0.15) is 21.9 Å². The van der Waals surface area contributed by atoms with Crippen LogP contribution in [0.5, 0.6) is 0 Å². The minimum atomic E-state index is -3.87. The van der Waals surface area contributed by atoms with Gasteiger partial charge < -0.3 is 9.63 Å². The van der Waals surface area contributed by atoms with Gasteiger partial charge in [-0.1, -0.05) is 5.16 Å². The highest BCUT2D eigenvalue weighted by molar-refractivity contribution is 7.91. The fourth-order valence-corrected chi connectivity index (χ4v) is 2.47. The topological polar surface area (TPSA) is 135 Å². The molecule has 0 aromatic carbocycles. The van der Waals surface area contributed by atoms with Gasteiger partial charge in [0, 0.05) is 18.5 Å². The summed E-state index contributed by atoms with van der Waals surface area (Å²) in [4.78, 5) is 18.1. The molecule has 2 rings (SSSR count). The van der Waals surface area contributed by atoms with E-state index < -0.39 is 27.4 Å². The average Bonchev–Trinajstić information content (AvgIpc) is 2.73. The fraction of sp³-hybridized carbons (Fsp3) is 0.200. The number of carbonyl (C=O) groups is 1. The molecule has 0 aliphatic carbocycles. The smallest absolute Gasteiger partial charge is 0.358 e. The Bertz CT molecular complexity index is 740. The molecule has 0 unspecified atom stereocenters. The van der Waals surface area contributed by atoms with Crippen LogP contribution in [0, 0.1) is 6.92 Å². The first-order valence-corrected chi connectivity index (χ1v) is 6.99. The van der Waals surface area contributed by atoms with E-state index in [4.69, 9.17) is 9.63 Å². The van der Waals surface area contributed by atoms with E-state index in [9.17, 15) is 13.2 Å². The van der Waals surface area contributed by atoms with Gasteiger partial charge >= 0.3 is 5.97 Å². The molecule has 0 aliphatic heterocycles. The van der Waals surface area contributed by atoms with Crippen molar-refractivity contribution < 1.29 is 22.8 Å². The van der Waals surface area contributed by atoms with Gasteiger partial charge in [0.15, 0.2) is 11.5 Å². The lowest BCUT2D eigenvalue weighted by Crippen LogP contribution is -2.19. The monoisotopic (exact) mass is 298 g/mol. The summed E-state index contributed by atoms with van der Waals surface area (Å²) in [7, 11) is -3.87. The summed E-state index contributed by atoms with van der Waals surface area (Å²) in [5, 5.41) is 12.4. The lowest BCUT2D eigenvalue weighted by atomic mass is 10.4. The third kappa shape index (κ3) is 3.29. The van der Waals surface area contributed by atoms with Crippen LogP contribution in [0.25, 0.3) is 0 Å². The van der Waals surface area contributed by atoms with Crippen LogP contribution in [-0.4, -0.2) is 34.6 Å². The van der Waals surface area contributed by atoms with E-state index in [2.05, 4.69) is 19.8 Å². The maximum atomic E-state index is 11.9. The lowest BCUT2D eigenvalue weighted by molar-refractivity contribution is 0.0691. The van der Waals surface area contributed by atoms with Gasteiger partial charge in [-0.2, -0.15) is 0 Å². The number of nitrogens with zero attached hydrogens (tertiary/aromatic N) is 3. The van der Waals surface area contributed by atoms with Gasteiger partial charge in [-0.25, -0.2) is 23.2 Å². The largest absolute Gasteiger partial charge is 0.476 e. The van der Waals surface area contributed by atoms with Gasteiger partial charge in [-0.05, 0) is 6.92 Å². The number of sulfonamides is 1. The molecule has 2 aromatic heterocycles. The quantitative estimate of drug-likeness (QED) is 0.810. The minimum Gasteiger partial charge on any atom is -0.476 e. The Morgan fingerprint density at radius 2 is 2.10 bits per heavy atom. The molecule has 0 fully saturated rings. The lowest BCUT2D eigenvalue weighted by Gasteiger charge is -2.07. The Hall–Kier alpha value is -2.49. The van der Waals surface area contributed by atoms with Gasteiger partial charge in [0.25, 0.3) is 0 Å². The van der Waals surface area contributed by atoms with Crippen LogP contribution >= 0.6 is 0 Å². The second kappa shape index (κ2) is 5.25. The van der Waals surface area contributed by atoms with E-state index in [1.807, 2.05) is 0 Å². The van der Waals surface area contributed by atoms with Crippen molar-refractivity contribution in [2.75, 3.05) is 4.72 Å². The maximum Gasteiger partial charge on any atom is 0.358 e. The van der Waals surface area contributed by atoms with Crippen LogP contribution in [0.3, 0.4) is 0 Å². The van der Waals surface area contributed by atoms with Crippen LogP contribution in [0.15, 0.2) is 23.0 Å². The molecule has 10 heteroatoms. The predicted octanol–water partition coefficient (Wildman–Crippen LogP) is 0.413. The highest BCUT2D eigenvalue weighted by Gasteiger charge is 2.20. The van der Waals surface area contributed by atoms with Crippen LogP contribution in [-0.2, 0) is 15.8 Å². The van der Waals surface area contributed by atoms with Crippen molar-refractivity contribution in [1.82, 2.24) is 15.1 Å². The zero-order valence-corrected chi connectivity index (χ0v) is 11.1. The van der Waals surface area contributed by atoms with E-state index in [0.29, 0.717) is 5.76 Å². The standard InChI is InChI=1S/C10H10N4O5S/c1-6-4-7(13-19-6)5-20(17,18)14-9-8(10(15)16)11-2-3-12-9/h2-4H,5H2,1H3,(H,12,14)(H,15,16). The van der Waals surface area contributed by atoms with E-state index in [-0.39, 0.29) is 11.5 Å². The fourth-order valence-electron chi connectivity index (χ4n) is 1.43. The van der Waals surface area contributed by atoms with Gasteiger partial charge in [0.2, 0.25) is 10.0 Å². The number of aromatic carboxylic acids is 1. The van der Waals surface area contributed by atoms with Crippen molar-refractivity contribution >= 4 is 21.8 Å². The second-order valence-electron chi connectivity index (χ2n) is 3.85. The Kier molecular flexibility index (Phi) is 3.66. The molecule has 0 spiro atoms. The van der Waals surface area contributed by atoms with Gasteiger partial charge in [-0.15, -0.1) is 0 Å². The molecule has 0 saturated carbocycles. The number of carboxylic acids is 1. The third-order valence-electron chi connectivity index (χ3n) is 2.17. The molecule has 0 radical (unpaired) electrons. The number of nitrogens with one attached hydrogen (secondary N) is 1. The predicted molar refractivity (Wildman–Crippen MR) is 66.5 cm³/mol. The van der Waals surface area contributed by atoms with Gasteiger partial charge in [-0.3, -0.25) is 4.72 Å². The molecule has 0 amide bonds. The van der Waals surface area contributed by atoms with Crippen molar-refractivity contribution in [3.8, 4) is 0 Å². The second-order valence-corrected chi connectivity index (χ2v) is 5.57. The highest BCUT2D eigenvalue weighted by atomic mass is 32.2. The van der Waals surface area contributed by atoms with E-state index >= 15 is 0 Å². The zero-order valence-electron chi connectivity index (χ0n) is 10.3. The van der Waals surface area contributed by atoms with E-state index in [1.165, 1.54) is 12.3 Å². The van der Waals surface area contributed by atoms with Crippen LogP contribution < -0.4 is 4.72 Å². The Balaban J connectivity index is 2.22. The third-order valence-corrected chi connectivity index (χ3v) is 3.35. The van der Waals surface area contributed by atoms with Gasteiger partial charge in [0.05, 0.1) is 0 Å². The Morgan fingerprint density at radius 1 is 1.40 bits per heavy atom. The normalized spacial score (nSPS) is 11.2. The molecule has 0 aliphatic rings. The first kappa shape index (κ1) is 13.9. The number of rotatable bonds is 5. The summed E-state index contributed by atoms with van der Waals surface area (Å²) < 4.78 is 30.6. The van der Waals surface area contributed by atoms with Crippen molar-refractivity contribution in [3.63, 3.8) is 0 Å². The molecule has 0 saturated heterocycles. The van der Waals surface area contributed by atoms with E-state index in [1.54, 1.807) is 6.92 Å². The molecule has 2 heterocycles. The number of hydrogen-bond acceptors (Lipinski definition) is 7. The molecular weight excluding hydrogens is 288 g/mol. The molecule has 20 heavy (non-hydrogen) atoms.